The predicted molar refractivity (Wildman–Crippen MR) is 107 cm³/mol. The molecule has 0 atom stereocenters. The molecule has 0 aliphatic heterocycles. The summed E-state index contributed by atoms with van der Waals surface area (Å²) in [5, 5.41) is 9.64. The van der Waals surface area contributed by atoms with Crippen molar-refractivity contribution in [3.63, 3.8) is 0 Å². The number of aryl methyl sites for hydroxylation is 1. The number of hydrogen-bond donors (Lipinski definition) is 2. The van der Waals surface area contributed by atoms with Gasteiger partial charge in [-0.05, 0) is 31.2 Å². The van der Waals surface area contributed by atoms with Gasteiger partial charge >= 0.3 is 11.8 Å². The lowest BCUT2D eigenvalue weighted by Crippen LogP contribution is -2.36. The molecule has 3 aromatic rings. The Kier molecular flexibility index (Phi) is 6.80. The second-order valence-corrected chi connectivity index (χ2v) is 6.57. The fourth-order valence-electron chi connectivity index (χ4n) is 2.32. The minimum atomic E-state index is -0.512. The lowest BCUT2D eigenvalue weighted by Gasteiger charge is -2.07. The van der Waals surface area contributed by atoms with Gasteiger partial charge in [0.2, 0.25) is 5.82 Å². The van der Waals surface area contributed by atoms with E-state index in [0.29, 0.717) is 16.6 Å². The normalized spacial score (nSPS) is 10.4. The minimum absolute atomic E-state index is 0.140. The first-order chi connectivity index (χ1) is 14.0. The molecule has 29 heavy (non-hydrogen) atoms. The molecule has 1 aromatic heterocycles. The first-order valence-corrected chi connectivity index (χ1v) is 9.23. The van der Waals surface area contributed by atoms with E-state index in [1.807, 2.05) is 31.2 Å². The number of hydrogen-bond acceptors (Lipinski definition) is 6. The molecule has 2 aromatic carbocycles. The van der Waals surface area contributed by atoms with E-state index in [9.17, 15) is 9.59 Å². The Morgan fingerprint density at radius 1 is 1.03 bits per heavy atom. The van der Waals surface area contributed by atoms with Crippen LogP contribution in [0.3, 0.4) is 0 Å². The molecule has 0 aliphatic carbocycles. The average molecular weight is 415 g/mol. The van der Waals surface area contributed by atoms with Gasteiger partial charge in [0.15, 0.2) is 6.61 Å². The van der Waals surface area contributed by atoms with Crippen molar-refractivity contribution in [2.24, 2.45) is 0 Å². The zero-order valence-electron chi connectivity index (χ0n) is 15.6. The third-order valence-electron chi connectivity index (χ3n) is 3.85. The molecule has 0 radical (unpaired) electrons. The van der Waals surface area contributed by atoms with Crippen molar-refractivity contribution in [1.82, 2.24) is 20.8 Å². The van der Waals surface area contributed by atoms with Gasteiger partial charge in [-0.1, -0.05) is 46.6 Å². The van der Waals surface area contributed by atoms with Gasteiger partial charge in [-0.15, -0.1) is 0 Å². The van der Waals surface area contributed by atoms with Crippen molar-refractivity contribution in [3.05, 3.63) is 65.0 Å². The number of nitrogens with zero attached hydrogens (tertiary/aromatic N) is 2. The van der Waals surface area contributed by atoms with E-state index < -0.39 is 5.91 Å². The van der Waals surface area contributed by atoms with Crippen LogP contribution < -0.4 is 15.4 Å². The highest BCUT2D eigenvalue weighted by Gasteiger charge is 2.15. The molecule has 0 fully saturated rings. The van der Waals surface area contributed by atoms with Crippen LogP contribution in [0.15, 0.2) is 53.1 Å². The second kappa shape index (κ2) is 9.70. The molecule has 0 unspecified atom stereocenters. The summed E-state index contributed by atoms with van der Waals surface area (Å²) in [6, 6.07) is 14.2. The maximum atomic E-state index is 12.1. The topological polar surface area (TPSA) is 106 Å². The van der Waals surface area contributed by atoms with E-state index >= 15 is 0 Å². The highest BCUT2D eigenvalue weighted by atomic mass is 35.5. The summed E-state index contributed by atoms with van der Waals surface area (Å²) in [7, 11) is 0. The third-order valence-corrected chi connectivity index (χ3v) is 4.10. The summed E-state index contributed by atoms with van der Waals surface area (Å²) in [4.78, 5) is 27.9. The van der Waals surface area contributed by atoms with Crippen molar-refractivity contribution in [1.29, 1.82) is 0 Å². The number of aromatic nitrogens is 2. The molecule has 0 saturated heterocycles. The number of carbonyl (C=O) groups is 2. The van der Waals surface area contributed by atoms with Crippen molar-refractivity contribution < 1.29 is 18.8 Å². The number of ether oxygens (including phenoxy) is 1. The van der Waals surface area contributed by atoms with E-state index in [2.05, 4.69) is 20.8 Å². The molecule has 0 aliphatic rings. The van der Waals surface area contributed by atoms with Crippen LogP contribution in [0, 0.1) is 6.92 Å². The Hall–Kier alpha value is -3.39. The lowest BCUT2D eigenvalue weighted by atomic mass is 10.1. The Bertz CT molecular complexity index is 971. The van der Waals surface area contributed by atoms with E-state index in [1.54, 1.807) is 24.3 Å². The van der Waals surface area contributed by atoms with Crippen LogP contribution in [-0.4, -0.2) is 41.7 Å². The molecule has 2 N–H and O–H groups in total. The Balaban J connectivity index is 1.38. The fourth-order valence-corrected chi connectivity index (χ4v) is 2.45. The summed E-state index contributed by atoms with van der Waals surface area (Å²) in [6.07, 6.45) is 0. The van der Waals surface area contributed by atoms with Crippen LogP contribution in [-0.2, 0) is 4.79 Å². The average Bonchev–Trinajstić information content (AvgIpc) is 3.21. The SMILES string of the molecule is Cc1ccc(-c2noc(C(=O)NCCNC(=O)COc3ccc(Cl)cc3)n2)cc1. The fraction of sp³-hybridized carbons (Fsp3) is 0.200. The van der Waals surface area contributed by atoms with Crippen molar-refractivity contribution in [2.75, 3.05) is 19.7 Å². The number of benzene rings is 2. The number of carbonyl (C=O) groups excluding carboxylic acids is 2. The summed E-state index contributed by atoms with van der Waals surface area (Å²) in [5.74, 6) is -0.0874. The van der Waals surface area contributed by atoms with E-state index in [4.69, 9.17) is 20.9 Å². The number of amides is 2. The first-order valence-electron chi connectivity index (χ1n) is 8.85. The molecule has 1 heterocycles. The van der Waals surface area contributed by atoms with Crippen LogP contribution in [0.4, 0.5) is 0 Å². The zero-order chi connectivity index (χ0) is 20.6. The Morgan fingerprint density at radius 3 is 2.45 bits per heavy atom. The van der Waals surface area contributed by atoms with Crippen molar-refractivity contribution in [3.8, 4) is 17.1 Å². The Morgan fingerprint density at radius 2 is 1.72 bits per heavy atom. The highest BCUT2D eigenvalue weighted by Crippen LogP contribution is 2.16. The quantitative estimate of drug-likeness (QED) is 0.549. The standard InChI is InChI=1S/C20H19ClN4O4/c1-13-2-4-14(5-3-13)18-24-20(29-25-18)19(27)23-11-10-22-17(26)12-28-16-8-6-15(21)7-9-16/h2-9H,10-12H2,1H3,(H,22,26)(H,23,27). The number of halogens is 1. The lowest BCUT2D eigenvalue weighted by molar-refractivity contribution is -0.123. The minimum Gasteiger partial charge on any atom is -0.484 e. The van der Waals surface area contributed by atoms with Crippen molar-refractivity contribution >= 4 is 23.4 Å². The van der Waals surface area contributed by atoms with Gasteiger partial charge in [-0.25, -0.2) is 0 Å². The maximum absolute atomic E-state index is 12.1. The molecule has 0 saturated carbocycles. The van der Waals surface area contributed by atoms with Crippen LogP contribution in [0.25, 0.3) is 11.4 Å². The largest absolute Gasteiger partial charge is 0.484 e. The summed E-state index contributed by atoms with van der Waals surface area (Å²) < 4.78 is 10.3. The molecule has 2 amide bonds. The van der Waals surface area contributed by atoms with Gasteiger partial charge < -0.3 is 19.9 Å². The van der Waals surface area contributed by atoms with Gasteiger partial charge in [-0.2, -0.15) is 4.98 Å². The molecule has 150 valence electrons. The first kappa shape index (κ1) is 20.3. The summed E-state index contributed by atoms with van der Waals surface area (Å²) in [5.41, 5.74) is 1.86. The monoisotopic (exact) mass is 414 g/mol. The van der Waals surface area contributed by atoms with E-state index in [1.165, 1.54) is 0 Å². The Labute approximate surface area is 172 Å². The smallest absolute Gasteiger partial charge is 0.316 e. The van der Waals surface area contributed by atoms with Gasteiger partial charge in [0.1, 0.15) is 5.75 Å². The molecular weight excluding hydrogens is 396 g/mol. The number of nitrogens with one attached hydrogen (secondary N) is 2. The van der Waals surface area contributed by atoms with Crippen LogP contribution in [0.1, 0.15) is 16.2 Å². The molecule has 3 rings (SSSR count). The molecule has 0 bridgehead atoms. The summed E-state index contributed by atoms with van der Waals surface area (Å²) in [6.45, 7) is 2.27. The van der Waals surface area contributed by atoms with Crippen LogP contribution >= 0.6 is 11.6 Å². The van der Waals surface area contributed by atoms with E-state index in [-0.39, 0.29) is 31.5 Å². The van der Waals surface area contributed by atoms with Crippen LogP contribution in [0.5, 0.6) is 5.75 Å². The van der Waals surface area contributed by atoms with Crippen LogP contribution in [0.2, 0.25) is 5.02 Å². The van der Waals surface area contributed by atoms with Gasteiger partial charge in [0, 0.05) is 23.7 Å². The van der Waals surface area contributed by atoms with Gasteiger partial charge in [0.05, 0.1) is 0 Å². The highest BCUT2D eigenvalue weighted by molar-refractivity contribution is 6.30. The summed E-state index contributed by atoms with van der Waals surface area (Å²) >= 11 is 5.78. The zero-order valence-corrected chi connectivity index (χ0v) is 16.4. The maximum Gasteiger partial charge on any atom is 0.316 e. The predicted octanol–water partition coefficient (Wildman–Crippen LogP) is 2.62. The third kappa shape index (κ3) is 6.05. The molecule has 8 nitrogen and oxygen atoms in total. The van der Waals surface area contributed by atoms with E-state index in [0.717, 1.165) is 11.1 Å². The molecular formula is C20H19ClN4O4. The second-order valence-electron chi connectivity index (χ2n) is 6.14. The number of rotatable bonds is 8. The van der Waals surface area contributed by atoms with Crippen molar-refractivity contribution in [2.45, 2.75) is 6.92 Å². The molecule has 0 spiro atoms. The van der Waals surface area contributed by atoms with Gasteiger partial charge in [-0.3, -0.25) is 9.59 Å². The molecule has 9 heteroatoms. The van der Waals surface area contributed by atoms with Gasteiger partial charge in [0.25, 0.3) is 5.91 Å².